The predicted octanol–water partition coefficient (Wildman–Crippen LogP) is 4.54. The molecule has 0 aromatic heterocycles. The van der Waals surface area contributed by atoms with Gasteiger partial charge in [-0.15, -0.1) is 0 Å². The van der Waals surface area contributed by atoms with Crippen LogP contribution in [-0.2, 0) is 0 Å². The molecule has 0 heterocycles. The van der Waals surface area contributed by atoms with Crippen LogP contribution in [0.15, 0.2) is 56.7 Å². The third-order valence-electron chi connectivity index (χ3n) is 2.26. The van der Waals surface area contributed by atoms with Crippen molar-refractivity contribution in [3.8, 4) is 0 Å². The number of hydrogen-bond donors (Lipinski definition) is 2. The van der Waals surface area contributed by atoms with Crippen LogP contribution < -0.4 is 5.73 Å². The first kappa shape index (κ1) is 13.5. The Labute approximate surface area is 123 Å². The zero-order chi connectivity index (χ0) is 13.1. The molecule has 0 aliphatic heterocycles. The maximum atomic E-state index is 7.57. The van der Waals surface area contributed by atoms with Gasteiger partial charge in [-0.25, -0.2) is 0 Å². The lowest BCUT2D eigenvalue weighted by molar-refractivity contribution is 1.33. The number of nitrogen functional groups attached to an aromatic ring is 1. The minimum atomic E-state index is 0.0455. The average Bonchev–Trinajstić information content (AvgIpc) is 2.28. The molecule has 0 aliphatic rings. The van der Waals surface area contributed by atoms with Gasteiger partial charge >= 0.3 is 0 Å². The highest BCUT2D eigenvalue weighted by Gasteiger charge is 2.08. The highest BCUT2D eigenvalue weighted by molar-refractivity contribution is 9.10. The van der Waals surface area contributed by atoms with E-state index in [0.717, 1.165) is 14.3 Å². The lowest BCUT2D eigenvalue weighted by Gasteiger charge is -2.08. The molecule has 0 atom stereocenters. The maximum Gasteiger partial charge on any atom is 0.123 e. The van der Waals surface area contributed by atoms with Crippen LogP contribution in [0.3, 0.4) is 0 Å². The molecule has 3 N–H and O–H groups in total. The van der Waals surface area contributed by atoms with Crippen molar-refractivity contribution in [1.29, 1.82) is 5.41 Å². The Morgan fingerprint density at radius 2 is 2.00 bits per heavy atom. The standard InChI is InChI=1S/C13H10BrClN2S/c14-8-2-1-3-10(6-8)18-12-7-9(15)4-5-11(12)13(16)17/h1-7H,(H3,16,17). The van der Waals surface area contributed by atoms with Crippen molar-refractivity contribution in [2.24, 2.45) is 5.73 Å². The summed E-state index contributed by atoms with van der Waals surface area (Å²) in [7, 11) is 0. The van der Waals surface area contributed by atoms with Gasteiger partial charge in [-0.1, -0.05) is 45.4 Å². The van der Waals surface area contributed by atoms with Gasteiger partial charge in [-0.3, -0.25) is 5.41 Å². The average molecular weight is 342 g/mol. The van der Waals surface area contributed by atoms with E-state index in [1.165, 1.54) is 11.8 Å². The highest BCUT2D eigenvalue weighted by atomic mass is 79.9. The van der Waals surface area contributed by atoms with Crippen LogP contribution in [0.1, 0.15) is 5.56 Å². The van der Waals surface area contributed by atoms with Crippen molar-refractivity contribution in [2.45, 2.75) is 9.79 Å². The van der Waals surface area contributed by atoms with Gasteiger partial charge in [0.2, 0.25) is 0 Å². The van der Waals surface area contributed by atoms with Crippen molar-refractivity contribution in [3.63, 3.8) is 0 Å². The molecule has 0 saturated carbocycles. The normalized spacial score (nSPS) is 10.3. The minimum absolute atomic E-state index is 0.0455. The Balaban J connectivity index is 2.39. The lowest BCUT2D eigenvalue weighted by Crippen LogP contribution is -2.12. The van der Waals surface area contributed by atoms with Gasteiger partial charge in [-0.05, 0) is 36.4 Å². The van der Waals surface area contributed by atoms with Crippen LogP contribution in [0.4, 0.5) is 0 Å². The third kappa shape index (κ3) is 3.28. The summed E-state index contributed by atoms with van der Waals surface area (Å²) in [6, 6.07) is 13.3. The van der Waals surface area contributed by atoms with Gasteiger partial charge in [0.1, 0.15) is 5.84 Å². The van der Waals surface area contributed by atoms with Crippen LogP contribution in [0.25, 0.3) is 0 Å². The van der Waals surface area contributed by atoms with E-state index in [4.69, 9.17) is 22.7 Å². The molecule has 2 nitrogen and oxygen atoms in total. The molecular weight excluding hydrogens is 332 g/mol. The molecule has 5 heteroatoms. The van der Waals surface area contributed by atoms with Gasteiger partial charge in [0, 0.05) is 24.8 Å². The number of hydrogen-bond acceptors (Lipinski definition) is 2. The second kappa shape index (κ2) is 5.78. The summed E-state index contributed by atoms with van der Waals surface area (Å²) in [5.74, 6) is 0.0455. The van der Waals surface area contributed by atoms with E-state index in [-0.39, 0.29) is 5.84 Å². The van der Waals surface area contributed by atoms with E-state index >= 15 is 0 Å². The first-order chi connectivity index (χ1) is 8.56. The first-order valence-corrected chi connectivity index (χ1v) is 7.12. The van der Waals surface area contributed by atoms with Crippen LogP contribution in [0.2, 0.25) is 5.02 Å². The number of amidine groups is 1. The molecule has 0 saturated heterocycles. The predicted molar refractivity (Wildman–Crippen MR) is 80.7 cm³/mol. The monoisotopic (exact) mass is 340 g/mol. The molecule has 2 aromatic carbocycles. The van der Waals surface area contributed by atoms with E-state index in [1.54, 1.807) is 12.1 Å². The smallest absolute Gasteiger partial charge is 0.123 e. The van der Waals surface area contributed by atoms with E-state index in [2.05, 4.69) is 15.9 Å². The summed E-state index contributed by atoms with van der Waals surface area (Å²) < 4.78 is 1.01. The fourth-order valence-corrected chi connectivity index (χ4v) is 3.31. The maximum absolute atomic E-state index is 7.57. The molecule has 0 spiro atoms. The van der Waals surface area contributed by atoms with Crippen molar-refractivity contribution in [3.05, 3.63) is 57.5 Å². The number of nitrogens with two attached hydrogens (primary N) is 1. The Bertz CT molecular complexity index is 601. The molecule has 2 rings (SSSR count). The number of benzene rings is 2. The van der Waals surface area contributed by atoms with Crippen molar-refractivity contribution in [2.75, 3.05) is 0 Å². The van der Waals surface area contributed by atoms with Crippen molar-refractivity contribution < 1.29 is 0 Å². The molecule has 0 amide bonds. The Hall–Kier alpha value is -0.970. The molecule has 2 aromatic rings. The van der Waals surface area contributed by atoms with Crippen molar-refractivity contribution >= 4 is 45.1 Å². The molecule has 0 unspecified atom stereocenters. The van der Waals surface area contributed by atoms with Crippen LogP contribution >= 0.6 is 39.3 Å². The summed E-state index contributed by atoms with van der Waals surface area (Å²) in [6.45, 7) is 0. The zero-order valence-electron chi connectivity index (χ0n) is 9.28. The van der Waals surface area contributed by atoms with Gasteiger partial charge in [-0.2, -0.15) is 0 Å². The molecular formula is C13H10BrClN2S. The van der Waals surface area contributed by atoms with Crippen molar-refractivity contribution in [1.82, 2.24) is 0 Å². The summed E-state index contributed by atoms with van der Waals surface area (Å²) in [5, 5.41) is 8.20. The van der Waals surface area contributed by atoms with Gasteiger partial charge in [0.25, 0.3) is 0 Å². The number of halogens is 2. The first-order valence-electron chi connectivity index (χ1n) is 5.13. The Morgan fingerprint density at radius 3 is 2.67 bits per heavy atom. The van der Waals surface area contributed by atoms with Gasteiger partial charge in [0.15, 0.2) is 0 Å². The topological polar surface area (TPSA) is 49.9 Å². The van der Waals surface area contributed by atoms with Gasteiger partial charge < -0.3 is 5.73 Å². The van der Waals surface area contributed by atoms with Crippen LogP contribution in [0.5, 0.6) is 0 Å². The zero-order valence-corrected chi connectivity index (χ0v) is 12.4. The number of rotatable bonds is 3. The molecule has 0 aliphatic carbocycles. The fourth-order valence-electron chi connectivity index (χ4n) is 1.46. The summed E-state index contributed by atoms with van der Waals surface area (Å²) in [4.78, 5) is 1.95. The summed E-state index contributed by atoms with van der Waals surface area (Å²) in [6.07, 6.45) is 0. The van der Waals surface area contributed by atoms with Crippen LogP contribution in [-0.4, -0.2) is 5.84 Å². The summed E-state index contributed by atoms with van der Waals surface area (Å²) in [5.41, 5.74) is 6.26. The number of nitrogens with one attached hydrogen (secondary N) is 1. The molecule has 18 heavy (non-hydrogen) atoms. The lowest BCUT2D eigenvalue weighted by atomic mass is 10.2. The Kier molecular flexibility index (Phi) is 4.32. The minimum Gasteiger partial charge on any atom is -0.384 e. The SMILES string of the molecule is N=C(N)c1ccc(Cl)cc1Sc1cccc(Br)c1. The second-order valence-electron chi connectivity index (χ2n) is 3.61. The largest absolute Gasteiger partial charge is 0.384 e. The fraction of sp³-hybridized carbons (Fsp3) is 0. The summed E-state index contributed by atoms with van der Waals surface area (Å²) >= 11 is 11.0. The molecule has 0 radical (unpaired) electrons. The van der Waals surface area contributed by atoms with Crippen LogP contribution in [0, 0.1) is 5.41 Å². The van der Waals surface area contributed by atoms with E-state index in [9.17, 15) is 0 Å². The van der Waals surface area contributed by atoms with Gasteiger partial charge in [0.05, 0.1) is 0 Å². The molecule has 92 valence electrons. The molecule has 0 bridgehead atoms. The van der Waals surface area contributed by atoms with E-state index < -0.39 is 0 Å². The third-order valence-corrected chi connectivity index (χ3v) is 4.03. The second-order valence-corrected chi connectivity index (χ2v) is 6.08. The Morgan fingerprint density at radius 1 is 1.22 bits per heavy atom. The highest BCUT2D eigenvalue weighted by Crippen LogP contribution is 2.33. The van der Waals surface area contributed by atoms with E-state index in [0.29, 0.717) is 10.6 Å². The van der Waals surface area contributed by atoms with E-state index in [1.807, 2.05) is 30.3 Å². The molecule has 0 fully saturated rings. The quantitative estimate of drug-likeness (QED) is 0.636.